The number of hydrogen-bond acceptors (Lipinski definition) is 7. The maximum atomic E-state index is 13.6. The first-order chi connectivity index (χ1) is 18.6. The number of nitrogens with zero attached hydrogens (tertiary/aromatic N) is 7. The molecule has 1 aliphatic rings. The second-order valence-corrected chi connectivity index (χ2v) is 8.59. The number of methoxy groups -OCH3 is 1. The quantitative estimate of drug-likeness (QED) is 0.276. The van der Waals surface area contributed by atoms with Gasteiger partial charge in [-0.3, -0.25) is 0 Å². The van der Waals surface area contributed by atoms with Crippen LogP contribution in [0, 0.1) is 17.0 Å². The molecule has 3 aromatic heterocycles. The molecule has 0 amide bonds. The number of benzene rings is 1. The Hall–Kier alpha value is -4.75. The summed E-state index contributed by atoms with van der Waals surface area (Å²) in [5, 5.41) is 18.1. The van der Waals surface area contributed by atoms with E-state index in [-0.39, 0.29) is 5.56 Å². The van der Waals surface area contributed by atoms with Gasteiger partial charge in [0.05, 0.1) is 30.4 Å². The molecule has 0 radical (unpaired) electrons. The third-order valence-electron chi connectivity index (χ3n) is 5.98. The average Bonchev–Trinajstić information content (AvgIpc) is 3.52. The summed E-state index contributed by atoms with van der Waals surface area (Å²) in [6.45, 7) is 2.52. The molecule has 11 nitrogen and oxygen atoms in total. The van der Waals surface area contributed by atoms with Crippen molar-refractivity contribution in [1.29, 1.82) is 0 Å². The van der Waals surface area contributed by atoms with Crippen molar-refractivity contribution in [3.05, 3.63) is 93.2 Å². The number of ether oxygens (including phenoxy) is 1. The summed E-state index contributed by atoms with van der Waals surface area (Å²) in [7, 11) is 1.55. The molecular weight excluding hydrogens is 519 g/mol. The van der Waals surface area contributed by atoms with E-state index in [1.165, 1.54) is 12.1 Å². The lowest BCUT2D eigenvalue weighted by Gasteiger charge is -2.25. The number of halogens is 3. The zero-order chi connectivity index (χ0) is 28.2. The van der Waals surface area contributed by atoms with Gasteiger partial charge in [-0.1, -0.05) is 18.2 Å². The SMILES string of the molecule is COc1nc(/C=C/c2nc3n(n2)CCC[C@H]3c2ccccc2C(F)(F)F)ccc1-n1cnc(C)c1.O=[N+]([O-])O. The van der Waals surface area contributed by atoms with Crippen LogP contribution in [0.15, 0.2) is 48.9 Å². The van der Waals surface area contributed by atoms with E-state index in [2.05, 4.69) is 20.1 Å². The van der Waals surface area contributed by atoms with E-state index < -0.39 is 22.7 Å². The first-order valence-corrected chi connectivity index (χ1v) is 11.7. The maximum Gasteiger partial charge on any atom is 0.416 e. The zero-order valence-corrected chi connectivity index (χ0v) is 20.9. The molecule has 0 fully saturated rings. The molecule has 4 heterocycles. The van der Waals surface area contributed by atoms with Crippen LogP contribution in [-0.2, 0) is 12.7 Å². The van der Waals surface area contributed by atoms with Crippen LogP contribution < -0.4 is 4.74 Å². The highest BCUT2D eigenvalue weighted by atomic mass is 19.4. The fourth-order valence-corrected chi connectivity index (χ4v) is 4.39. The van der Waals surface area contributed by atoms with Crippen molar-refractivity contribution >= 4 is 12.2 Å². The first kappa shape index (κ1) is 27.3. The van der Waals surface area contributed by atoms with Crippen LogP contribution in [0.25, 0.3) is 17.8 Å². The monoisotopic (exact) mass is 543 g/mol. The fraction of sp³-hybridized carbons (Fsp3) is 0.280. The number of aromatic nitrogens is 6. The maximum absolute atomic E-state index is 13.6. The Morgan fingerprint density at radius 3 is 2.59 bits per heavy atom. The van der Waals surface area contributed by atoms with Gasteiger partial charge in [-0.15, -0.1) is 10.1 Å². The van der Waals surface area contributed by atoms with Crippen molar-refractivity contribution in [1.82, 2.24) is 29.3 Å². The Labute approximate surface area is 220 Å². The van der Waals surface area contributed by atoms with Crippen LogP contribution in [0.4, 0.5) is 13.2 Å². The predicted molar refractivity (Wildman–Crippen MR) is 133 cm³/mol. The van der Waals surface area contributed by atoms with Gasteiger partial charge in [0, 0.05) is 18.7 Å². The van der Waals surface area contributed by atoms with Crippen LogP contribution >= 0.6 is 0 Å². The van der Waals surface area contributed by atoms with Gasteiger partial charge < -0.3 is 14.5 Å². The van der Waals surface area contributed by atoms with Crippen LogP contribution in [-0.4, -0.2) is 46.7 Å². The largest absolute Gasteiger partial charge is 0.479 e. The predicted octanol–water partition coefficient (Wildman–Crippen LogP) is 4.94. The van der Waals surface area contributed by atoms with Crippen molar-refractivity contribution in [3.63, 3.8) is 0 Å². The number of imidazole rings is 1. The minimum absolute atomic E-state index is 0.237. The Balaban J connectivity index is 0.000000826. The number of pyridine rings is 1. The fourth-order valence-electron chi connectivity index (χ4n) is 4.39. The van der Waals surface area contributed by atoms with Gasteiger partial charge in [-0.2, -0.15) is 18.3 Å². The van der Waals surface area contributed by atoms with Gasteiger partial charge in [0.1, 0.15) is 11.5 Å². The second-order valence-electron chi connectivity index (χ2n) is 8.59. The molecule has 1 aliphatic heterocycles. The van der Waals surface area contributed by atoms with Gasteiger partial charge in [-0.05, 0) is 55.7 Å². The molecule has 0 aliphatic carbocycles. The van der Waals surface area contributed by atoms with Crippen molar-refractivity contribution in [3.8, 4) is 11.6 Å². The van der Waals surface area contributed by atoms with Gasteiger partial charge in [0.25, 0.3) is 5.09 Å². The Morgan fingerprint density at radius 1 is 1.18 bits per heavy atom. The standard InChI is InChI=1S/C25H23F3N6O.HNO3/c1-16-14-33(15-29-16)21-11-9-17(30-24(21)35-2)10-12-22-31-23-19(7-5-13-34(23)32-22)18-6-3-4-8-20(18)25(26,27)28;2-1(3)4/h3-4,6,8-12,14-15,19H,5,7,13H2,1-2H3;(H,2,3,4)/b12-10+;/t19-;/m0./s1. The minimum Gasteiger partial charge on any atom is -0.479 e. The molecule has 0 saturated carbocycles. The Bertz CT molecular complexity index is 1490. The second kappa shape index (κ2) is 11.3. The van der Waals surface area contributed by atoms with E-state index in [0.717, 1.165) is 23.9 Å². The topological polar surface area (TPSA) is 134 Å². The summed E-state index contributed by atoms with van der Waals surface area (Å²) >= 11 is 0. The summed E-state index contributed by atoms with van der Waals surface area (Å²) in [5.74, 6) is 0.938. The molecule has 0 unspecified atom stereocenters. The summed E-state index contributed by atoms with van der Waals surface area (Å²) in [4.78, 5) is 21.7. The average molecular weight is 544 g/mol. The highest BCUT2D eigenvalue weighted by Crippen LogP contribution is 2.40. The van der Waals surface area contributed by atoms with E-state index >= 15 is 0 Å². The van der Waals surface area contributed by atoms with E-state index in [1.807, 2.05) is 29.8 Å². The lowest BCUT2D eigenvalue weighted by molar-refractivity contribution is -0.742. The molecule has 0 spiro atoms. The summed E-state index contributed by atoms with van der Waals surface area (Å²) < 4.78 is 49.8. The van der Waals surface area contributed by atoms with Crippen LogP contribution in [0.1, 0.15) is 52.9 Å². The number of rotatable bonds is 5. The van der Waals surface area contributed by atoms with Crippen molar-refractivity contribution in [2.45, 2.75) is 38.4 Å². The zero-order valence-electron chi connectivity index (χ0n) is 20.9. The van der Waals surface area contributed by atoms with E-state index in [1.54, 1.807) is 36.3 Å². The van der Waals surface area contributed by atoms with Gasteiger partial charge in [0.2, 0.25) is 5.88 Å². The Morgan fingerprint density at radius 2 is 1.92 bits per heavy atom. The van der Waals surface area contributed by atoms with Crippen LogP contribution in [0.3, 0.4) is 0 Å². The molecule has 39 heavy (non-hydrogen) atoms. The van der Waals surface area contributed by atoms with E-state index in [9.17, 15) is 13.2 Å². The van der Waals surface area contributed by atoms with Gasteiger partial charge in [0.15, 0.2) is 5.82 Å². The minimum atomic E-state index is -4.42. The van der Waals surface area contributed by atoms with Gasteiger partial charge >= 0.3 is 6.18 Å². The highest BCUT2D eigenvalue weighted by molar-refractivity contribution is 5.65. The van der Waals surface area contributed by atoms with E-state index in [0.29, 0.717) is 36.2 Å². The molecule has 1 aromatic carbocycles. The molecule has 204 valence electrons. The lowest BCUT2D eigenvalue weighted by Crippen LogP contribution is -2.21. The Kier molecular flexibility index (Phi) is 7.93. The number of hydrogen-bond donors (Lipinski definition) is 1. The smallest absolute Gasteiger partial charge is 0.416 e. The number of alkyl halides is 3. The van der Waals surface area contributed by atoms with Crippen molar-refractivity contribution in [2.24, 2.45) is 0 Å². The molecule has 4 aromatic rings. The number of fused-ring (bicyclic) bond motifs is 1. The molecular formula is C25H24F3N7O4. The summed E-state index contributed by atoms with van der Waals surface area (Å²) in [6.07, 6.45) is 3.92. The normalized spacial score (nSPS) is 14.9. The van der Waals surface area contributed by atoms with Crippen LogP contribution in [0.2, 0.25) is 0 Å². The lowest BCUT2D eigenvalue weighted by atomic mass is 9.88. The molecule has 1 N–H and O–H groups in total. The first-order valence-electron chi connectivity index (χ1n) is 11.7. The molecule has 0 saturated heterocycles. The van der Waals surface area contributed by atoms with E-state index in [4.69, 9.17) is 20.1 Å². The molecule has 14 heteroatoms. The van der Waals surface area contributed by atoms with Gasteiger partial charge in [-0.25, -0.2) is 19.6 Å². The van der Waals surface area contributed by atoms with Crippen molar-refractivity contribution < 1.29 is 28.2 Å². The third kappa shape index (κ3) is 6.40. The van der Waals surface area contributed by atoms with Crippen LogP contribution in [0.5, 0.6) is 5.88 Å². The summed E-state index contributed by atoms with van der Waals surface area (Å²) in [5.41, 5.74) is 1.88. The third-order valence-corrected chi connectivity index (χ3v) is 5.98. The number of aryl methyl sites for hydroxylation is 2. The highest BCUT2D eigenvalue weighted by Gasteiger charge is 2.37. The van der Waals surface area contributed by atoms with Crippen molar-refractivity contribution in [2.75, 3.05) is 7.11 Å². The summed E-state index contributed by atoms with van der Waals surface area (Å²) in [6, 6.07) is 9.42. The molecule has 5 rings (SSSR count). The molecule has 0 bridgehead atoms. The molecule has 1 atom stereocenters.